The average Bonchev–Trinajstić information content (AvgIpc) is 1.99. The van der Waals surface area contributed by atoms with Crippen molar-refractivity contribution in [3.8, 4) is 0 Å². The van der Waals surface area contributed by atoms with Gasteiger partial charge in [0.1, 0.15) is 5.71 Å². The zero-order chi connectivity index (χ0) is 10.5. The number of halogens is 3. The summed E-state index contributed by atoms with van der Waals surface area (Å²) in [4.78, 5) is 3.39. The van der Waals surface area contributed by atoms with E-state index in [1.807, 2.05) is 0 Å². The molecule has 0 aromatic heterocycles. The fourth-order valence-corrected chi connectivity index (χ4v) is 0.601. The molecule has 0 aromatic carbocycles. The van der Waals surface area contributed by atoms with Crippen LogP contribution in [0.25, 0.3) is 0 Å². The van der Waals surface area contributed by atoms with Gasteiger partial charge in [0.15, 0.2) is 0 Å². The fourth-order valence-electron chi connectivity index (χ4n) is 0.601. The molecular formula is C9H12F3N. The van der Waals surface area contributed by atoms with Gasteiger partial charge in [-0.2, -0.15) is 13.2 Å². The SMILES string of the molecule is C/C=C\C=C(\C)N=C(C)C(F)(F)F. The molecule has 0 aliphatic rings. The number of hydrogen-bond acceptors (Lipinski definition) is 1. The summed E-state index contributed by atoms with van der Waals surface area (Å²) in [7, 11) is 0. The molecule has 13 heavy (non-hydrogen) atoms. The number of aliphatic imine (C=N–C) groups is 1. The minimum absolute atomic E-state index is 0.341. The fraction of sp³-hybridized carbons (Fsp3) is 0.444. The van der Waals surface area contributed by atoms with Gasteiger partial charge in [-0.25, -0.2) is 0 Å². The molecule has 1 nitrogen and oxygen atoms in total. The highest BCUT2D eigenvalue weighted by Crippen LogP contribution is 2.18. The number of hydrogen-bond donors (Lipinski definition) is 0. The highest BCUT2D eigenvalue weighted by molar-refractivity contribution is 5.88. The molecule has 0 N–H and O–H groups in total. The lowest BCUT2D eigenvalue weighted by Gasteiger charge is -2.04. The van der Waals surface area contributed by atoms with Crippen molar-refractivity contribution >= 4 is 5.71 Å². The maximum atomic E-state index is 12.0. The molecule has 0 radical (unpaired) electrons. The minimum Gasteiger partial charge on any atom is -0.253 e. The summed E-state index contributed by atoms with van der Waals surface area (Å²) in [5.74, 6) is 0. The van der Waals surface area contributed by atoms with Crippen LogP contribution < -0.4 is 0 Å². The van der Waals surface area contributed by atoms with Crippen molar-refractivity contribution in [3.63, 3.8) is 0 Å². The van der Waals surface area contributed by atoms with Gasteiger partial charge in [0, 0.05) is 5.70 Å². The Hall–Kier alpha value is -1.06. The second kappa shape index (κ2) is 4.84. The Kier molecular flexibility index (Phi) is 4.45. The molecule has 0 fully saturated rings. The van der Waals surface area contributed by atoms with Crippen LogP contribution in [-0.2, 0) is 0 Å². The van der Waals surface area contributed by atoms with Crippen LogP contribution in [0.3, 0.4) is 0 Å². The van der Waals surface area contributed by atoms with E-state index in [4.69, 9.17) is 0 Å². The summed E-state index contributed by atoms with van der Waals surface area (Å²) < 4.78 is 35.9. The maximum absolute atomic E-state index is 12.0. The molecule has 0 spiro atoms. The first kappa shape index (κ1) is 11.9. The van der Waals surface area contributed by atoms with E-state index in [0.717, 1.165) is 6.92 Å². The molecule has 4 heteroatoms. The molecular weight excluding hydrogens is 179 g/mol. The summed E-state index contributed by atoms with van der Waals surface area (Å²) in [6.07, 6.45) is 0.560. The molecule has 0 aromatic rings. The van der Waals surface area contributed by atoms with E-state index in [0.29, 0.717) is 5.70 Å². The quantitative estimate of drug-likeness (QED) is 0.468. The molecule has 0 bridgehead atoms. The number of allylic oxidation sites excluding steroid dienone is 4. The van der Waals surface area contributed by atoms with Crippen molar-refractivity contribution in [2.45, 2.75) is 26.9 Å². The van der Waals surface area contributed by atoms with E-state index in [2.05, 4.69) is 4.99 Å². The van der Waals surface area contributed by atoms with E-state index in [-0.39, 0.29) is 0 Å². The van der Waals surface area contributed by atoms with Gasteiger partial charge in [0.25, 0.3) is 0 Å². The lowest BCUT2D eigenvalue weighted by molar-refractivity contribution is -0.0592. The molecule has 0 amide bonds. The first-order valence-corrected chi connectivity index (χ1v) is 3.80. The molecule has 0 saturated heterocycles. The van der Waals surface area contributed by atoms with Gasteiger partial charge < -0.3 is 0 Å². The Morgan fingerprint density at radius 1 is 1.23 bits per heavy atom. The molecule has 0 heterocycles. The zero-order valence-electron chi connectivity index (χ0n) is 7.81. The van der Waals surface area contributed by atoms with Crippen molar-refractivity contribution in [2.75, 3.05) is 0 Å². The predicted molar refractivity (Wildman–Crippen MR) is 47.7 cm³/mol. The number of nitrogens with zero attached hydrogens (tertiary/aromatic N) is 1. The molecule has 74 valence electrons. The van der Waals surface area contributed by atoms with E-state index in [1.54, 1.807) is 19.1 Å². The molecule has 0 aliphatic heterocycles. The Bertz CT molecular complexity index is 246. The monoisotopic (exact) mass is 191 g/mol. The van der Waals surface area contributed by atoms with Gasteiger partial charge in [-0.05, 0) is 26.8 Å². The Morgan fingerprint density at radius 2 is 1.77 bits per heavy atom. The standard InChI is InChI=1S/C9H12F3N/c1-4-5-6-7(2)13-8(3)9(10,11)12/h4-6H,1-3H3/b5-4-,7-6-,13-8?. The Labute approximate surface area is 75.7 Å². The third-order valence-electron chi connectivity index (χ3n) is 1.28. The third-order valence-corrected chi connectivity index (χ3v) is 1.28. The van der Waals surface area contributed by atoms with Crippen LogP contribution >= 0.6 is 0 Å². The van der Waals surface area contributed by atoms with Crippen LogP contribution in [0.5, 0.6) is 0 Å². The first-order valence-electron chi connectivity index (χ1n) is 3.80. The topological polar surface area (TPSA) is 12.4 Å². The van der Waals surface area contributed by atoms with Gasteiger partial charge in [-0.15, -0.1) is 0 Å². The van der Waals surface area contributed by atoms with Crippen molar-refractivity contribution in [1.82, 2.24) is 0 Å². The van der Waals surface area contributed by atoms with Crippen molar-refractivity contribution in [2.24, 2.45) is 4.99 Å². The summed E-state index contributed by atoms with van der Waals surface area (Å²) in [5, 5.41) is 0. The van der Waals surface area contributed by atoms with Crippen LogP contribution in [0.1, 0.15) is 20.8 Å². The van der Waals surface area contributed by atoms with Crippen LogP contribution in [0, 0.1) is 0 Å². The lowest BCUT2D eigenvalue weighted by atomic mass is 10.3. The van der Waals surface area contributed by atoms with E-state index in [1.165, 1.54) is 13.0 Å². The van der Waals surface area contributed by atoms with Crippen LogP contribution in [0.4, 0.5) is 13.2 Å². The number of rotatable bonds is 2. The summed E-state index contributed by atoms with van der Waals surface area (Å²) in [6, 6.07) is 0. The second-order valence-electron chi connectivity index (χ2n) is 2.53. The molecule has 0 saturated carbocycles. The van der Waals surface area contributed by atoms with Crippen LogP contribution in [-0.4, -0.2) is 11.9 Å². The third kappa shape index (κ3) is 5.22. The maximum Gasteiger partial charge on any atom is 0.429 e. The van der Waals surface area contributed by atoms with E-state index in [9.17, 15) is 13.2 Å². The van der Waals surface area contributed by atoms with Crippen molar-refractivity contribution in [3.05, 3.63) is 23.9 Å². The van der Waals surface area contributed by atoms with E-state index >= 15 is 0 Å². The highest BCUT2D eigenvalue weighted by Gasteiger charge is 2.31. The second-order valence-corrected chi connectivity index (χ2v) is 2.53. The smallest absolute Gasteiger partial charge is 0.253 e. The van der Waals surface area contributed by atoms with Gasteiger partial charge in [0.2, 0.25) is 0 Å². The lowest BCUT2D eigenvalue weighted by Crippen LogP contribution is -2.19. The predicted octanol–water partition coefficient (Wildman–Crippen LogP) is 3.49. The largest absolute Gasteiger partial charge is 0.429 e. The van der Waals surface area contributed by atoms with Gasteiger partial charge in [-0.1, -0.05) is 12.2 Å². The molecule has 0 rings (SSSR count). The van der Waals surface area contributed by atoms with Crippen LogP contribution in [0.2, 0.25) is 0 Å². The Balaban J connectivity index is 4.57. The van der Waals surface area contributed by atoms with Gasteiger partial charge >= 0.3 is 6.18 Å². The van der Waals surface area contributed by atoms with Gasteiger partial charge in [0.05, 0.1) is 0 Å². The van der Waals surface area contributed by atoms with Crippen molar-refractivity contribution < 1.29 is 13.2 Å². The average molecular weight is 191 g/mol. The summed E-state index contributed by atoms with van der Waals surface area (Å²) in [6.45, 7) is 4.26. The Morgan fingerprint density at radius 3 is 2.15 bits per heavy atom. The zero-order valence-corrected chi connectivity index (χ0v) is 7.81. The van der Waals surface area contributed by atoms with E-state index < -0.39 is 11.9 Å². The molecule has 0 atom stereocenters. The van der Waals surface area contributed by atoms with Crippen LogP contribution in [0.15, 0.2) is 28.9 Å². The molecule has 0 aliphatic carbocycles. The number of alkyl halides is 3. The minimum atomic E-state index is -4.33. The van der Waals surface area contributed by atoms with Gasteiger partial charge in [-0.3, -0.25) is 4.99 Å². The molecule has 0 unspecified atom stereocenters. The summed E-state index contributed by atoms with van der Waals surface area (Å²) in [5.41, 5.74) is -0.487. The van der Waals surface area contributed by atoms with Crippen molar-refractivity contribution in [1.29, 1.82) is 0 Å². The summed E-state index contributed by atoms with van der Waals surface area (Å²) >= 11 is 0. The normalized spacial score (nSPS) is 15.5. The highest BCUT2D eigenvalue weighted by atomic mass is 19.4. The first-order chi connectivity index (χ1) is 5.88.